The maximum absolute atomic E-state index is 13.0. The molecule has 2 heterocycles. The maximum Gasteiger partial charge on any atom is 0.360 e. The molecule has 29 heavy (non-hydrogen) atoms. The number of ether oxygens (including phenoxy) is 1. The van der Waals surface area contributed by atoms with E-state index in [0.29, 0.717) is 16.9 Å². The number of fused-ring (bicyclic) bond motifs is 3. The number of nitrogens with zero attached hydrogens (tertiary/aromatic N) is 4. The van der Waals surface area contributed by atoms with Gasteiger partial charge in [0.05, 0.1) is 22.6 Å². The van der Waals surface area contributed by atoms with Gasteiger partial charge in [-0.25, -0.2) is 17.9 Å². The molecule has 10 nitrogen and oxygen atoms in total. The van der Waals surface area contributed by atoms with Crippen LogP contribution in [0.1, 0.15) is 10.5 Å². The van der Waals surface area contributed by atoms with Crippen molar-refractivity contribution in [3.8, 4) is 16.9 Å². The molecule has 1 aliphatic heterocycles. The SMILES string of the molecule is COC(=O)c1nn(-c2ccc([N+](=O)[O-])cc2)c2c1N(C)S(=O)(=O)c1ccccc1-2. The van der Waals surface area contributed by atoms with Crippen LogP contribution in [-0.4, -0.2) is 43.2 Å². The Hall–Kier alpha value is -3.73. The number of nitro groups is 1. The van der Waals surface area contributed by atoms with Gasteiger partial charge < -0.3 is 4.74 Å². The third kappa shape index (κ3) is 2.66. The van der Waals surface area contributed by atoms with Crippen molar-refractivity contribution in [3.05, 3.63) is 64.3 Å². The summed E-state index contributed by atoms with van der Waals surface area (Å²) in [6, 6.07) is 11.9. The van der Waals surface area contributed by atoms with Gasteiger partial charge in [0.15, 0.2) is 5.69 Å². The quantitative estimate of drug-likeness (QED) is 0.366. The summed E-state index contributed by atoms with van der Waals surface area (Å²) in [5.74, 6) is -0.802. The molecule has 3 aromatic rings. The third-order valence-electron chi connectivity index (χ3n) is 4.64. The van der Waals surface area contributed by atoms with Crippen LogP contribution in [0, 0.1) is 10.1 Å². The van der Waals surface area contributed by atoms with Gasteiger partial charge in [-0.3, -0.25) is 14.4 Å². The summed E-state index contributed by atoms with van der Waals surface area (Å²) in [5, 5.41) is 15.2. The largest absolute Gasteiger partial charge is 0.464 e. The van der Waals surface area contributed by atoms with Crippen molar-refractivity contribution in [2.75, 3.05) is 18.5 Å². The Labute approximate surface area is 165 Å². The molecule has 148 valence electrons. The summed E-state index contributed by atoms with van der Waals surface area (Å²) in [5.41, 5.74) is 0.941. The van der Waals surface area contributed by atoms with Crippen LogP contribution < -0.4 is 4.31 Å². The van der Waals surface area contributed by atoms with E-state index in [-0.39, 0.29) is 22.0 Å². The molecule has 0 spiro atoms. The number of benzene rings is 2. The van der Waals surface area contributed by atoms with Crippen molar-refractivity contribution in [1.29, 1.82) is 0 Å². The van der Waals surface area contributed by atoms with Crippen LogP contribution in [0.15, 0.2) is 53.4 Å². The molecule has 0 N–H and O–H groups in total. The van der Waals surface area contributed by atoms with Crippen LogP contribution in [0.5, 0.6) is 0 Å². The van der Waals surface area contributed by atoms with Gasteiger partial charge in [0.2, 0.25) is 0 Å². The first-order valence-electron chi connectivity index (χ1n) is 8.32. The number of carbonyl (C=O) groups excluding carboxylic acids is 1. The lowest BCUT2D eigenvalue weighted by Gasteiger charge is -2.27. The lowest BCUT2D eigenvalue weighted by molar-refractivity contribution is -0.384. The smallest absolute Gasteiger partial charge is 0.360 e. The zero-order valence-corrected chi connectivity index (χ0v) is 16.1. The number of nitro benzene ring substituents is 1. The van der Waals surface area contributed by atoms with E-state index in [1.54, 1.807) is 18.2 Å². The van der Waals surface area contributed by atoms with E-state index >= 15 is 0 Å². The predicted octanol–water partition coefficient (Wildman–Crippen LogP) is 2.37. The molecule has 0 amide bonds. The summed E-state index contributed by atoms with van der Waals surface area (Å²) in [7, 11) is -1.40. The molecule has 0 radical (unpaired) electrons. The fourth-order valence-corrected chi connectivity index (χ4v) is 4.64. The van der Waals surface area contributed by atoms with Gasteiger partial charge in [0, 0.05) is 24.7 Å². The van der Waals surface area contributed by atoms with Gasteiger partial charge in [0.25, 0.3) is 15.7 Å². The van der Waals surface area contributed by atoms with Crippen molar-refractivity contribution in [1.82, 2.24) is 9.78 Å². The minimum atomic E-state index is -3.90. The molecule has 1 aliphatic rings. The van der Waals surface area contributed by atoms with Crippen LogP contribution in [0.3, 0.4) is 0 Å². The molecular formula is C18H14N4O6S. The average Bonchev–Trinajstić information content (AvgIpc) is 3.12. The Morgan fingerprint density at radius 2 is 1.79 bits per heavy atom. The van der Waals surface area contributed by atoms with E-state index in [9.17, 15) is 23.3 Å². The summed E-state index contributed by atoms with van der Waals surface area (Å²) in [6.07, 6.45) is 0. The first-order chi connectivity index (χ1) is 13.8. The van der Waals surface area contributed by atoms with Crippen molar-refractivity contribution in [2.45, 2.75) is 4.90 Å². The number of carbonyl (C=O) groups is 1. The predicted molar refractivity (Wildman–Crippen MR) is 103 cm³/mol. The Morgan fingerprint density at radius 3 is 2.41 bits per heavy atom. The molecule has 0 unspecified atom stereocenters. The second-order valence-electron chi connectivity index (χ2n) is 6.19. The highest BCUT2D eigenvalue weighted by Gasteiger charge is 2.40. The summed E-state index contributed by atoms with van der Waals surface area (Å²) in [6.45, 7) is 0. The standard InChI is InChI=1S/C18H14N4O6S/c1-20-17-15(18(23)28-2)19-21(11-7-9-12(10-8-11)22(24)25)16(17)13-5-3-4-6-14(13)29(20,26)27/h3-10H,1-2H3. The zero-order valence-electron chi connectivity index (χ0n) is 15.3. The minimum Gasteiger partial charge on any atom is -0.464 e. The first kappa shape index (κ1) is 18.6. The molecule has 0 saturated carbocycles. The number of hydrogen-bond donors (Lipinski definition) is 0. The second-order valence-corrected chi connectivity index (χ2v) is 8.13. The lowest BCUT2D eigenvalue weighted by Crippen LogP contribution is -2.31. The van der Waals surface area contributed by atoms with E-state index in [1.807, 2.05) is 0 Å². The first-order valence-corrected chi connectivity index (χ1v) is 9.76. The number of methoxy groups -OCH3 is 1. The summed E-state index contributed by atoms with van der Waals surface area (Å²) in [4.78, 5) is 22.8. The van der Waals surface area contributed by atoms with Crippen LogP contribution >= 0.6 is 0 Å². The van der Waals surface area contributed by atoms with Gasteiger partial charge in [-0.15, -0.1) is 0 Å². The van der Waals surface area contributed by atoms with Crippen LogP contribution in [0.4, 0.5) is 11.4 Å². The van der Waals surface area contributed by atoms with Gasteiger partial charge in [-0.1, -0.05) is 18.2 Å². The molecule has 1 aromatic heterocycles. The highest BCUT2D eigenvalue weighted by atomic mass is 32.2. The molecule has 11 heteroatoms. The van der Waals surface area contributed by atoms with Crippen molar-refractivity contribution >= 4 is 27.4 Å². The van der Waals surface area contributed by atoms with Crippen molar-refractivity contribution < 1.29 is 22.9 Å². The number of hydrogen-bond acceptors (Lipinski definition) is 7. The molecule has 0 aliphatic carbocycles. The minimum absolute atomic E-state index is 0.0643. The fourth-order valence-electron chi connectivity index (χ4n) is 3.24. The number of sulfonamides is 1. The highest BCUT2D eigenvalue weighted by Crippen LogP contribution is 2.45. The number of esters is 1. The van der Waals surface area contributed by atoms with Crippen LogP contribution in [0.2, 0.25) is 0 Å². The highest BCUT2D eigenvalue weighted by molar-refractivity contribution is 7.93. The molecular weight excluding hydrogens is 400 g/mol. The topological polar surface area (TPSA) is 125 Å². The second kappa shape index (κ2) is 6.41. The van der Waals surface area contributed by atoms with E-state index in [0.717, 1.165) is 4.31 Å². The van der Waals surface area contributed by atoms with E-state index < -0.39 is 20.9 Å². The number of anilines is 1. The normalized spacial score (nSPS) is 14.1. The molecule has 4 rings (SSSR count). The van der Waals surface area contributed by atoms with E-state index in [1.165, 1.54) is 49.2 Å². The summed E-state index contributed by atoms with van der Waals surface area (Å²) >= 11 is 0. The number of aromatic nitrogens is 2. The number of non-ortho nitro benzene ring substituents is 1. The Balaban J connectivity index is 2.06. The van der Waals surface area contributed by atoms with Crippen LogP contribution in [-0.2, 0) is 14.8 Å². The van der Waals surface area contributed by atoms with E-state index in [2.05, 4.69) is 5.10 Å². The van der Waals surface area contributed by atoms with Gasteiger partial charge in [-0.05, 0) is 18.2 Å². The third-order valence-corrected chi connectivity index (χ3v) is 6.46. The van der Waals surface area contributed by atoms with Gasteiger partial charge >= 0.3 is 5.97 Å². The van der Waals surface area contributed by atoms with Crippen molar-refractivity contribution in [3.63, 3.8) is 0 Å². The molecule has 0 saturated heterocycles. The lowest BCUT2D eigenvalue weighted by atomic mass is 10.1. The molecule has 2 aromatic carbocycles. The van der Waals surface area contributed by atoms with E-state index in [4.69, 9.17) is 4.74 Å². The van der Waals surface area contributed by atoms with Gasteiger partial charge in [-0.2, -0.15) is 5.10 Å². The summed E-state index contributed by atoms with van der Waals surface area (Å²) < 4.78 is 33.1. The Kier molecular flexibility index (Phi) is 4.12. The molecule has 0 bridgehead atoms. The zero-order chi connectivity index (χ0) is 20.9. The maximum atomic E-state index is 13.0. The van der Waals surface area contributed by atoms with Crippen LogP contribution in [0.25, 0.3) is 16.9 Å². The van der Waals surface area contributed by atoms with Gasteiger partial charge in [0.1, 0.15) is 11.4 Å². The van der Waals surface area contributed by atoms with Crippen molar-refractivity contribution in [2.24, 2.45) is 0 Å². The average molecular weight is 414 g/mol. The Morgan fingerprint density at radius 1 is 1.14 bits per heavy atom. The Bertz CT molecular complexity index is 1260. The molecule has 0 fully saturated rings. The fraction of sp³-hybridized carbons (Fsp3) is 0.111. The molecule has 0 atom stereocenters. The number of rotatable bonds is 3. The monoisotopic (exact) mass is 414 g/mol.